The molecule has 0 atom stereocenters. The highest BCUT2D eigenvalue weighted by Gasteiger charge is 2.30. The lowest BCUT2D eigenvalue weighted by molar-refractivity contribution is 0.0498. The predicted octanol–water partition coefficient (Wildman–Crippen LogP) is 5.80. The van der Waals surface area contributed by atoms with E-state index in [9.17, 15) is 9.59 Å². The Kier molecular flexibility index (Phi) is 6.20. The van der Waals surface area contributed by atoms with E-state index < -0.39 is 11.9 Å². The van der Waals surface area contributed by atoms with Crippen LogP contribution in [0, 0.1) is 0 Å². The number of halogens is 1. The summed E-state index contributed by atoms with van der Waals surface area (Å²) in [6, 6.07) is 8.48. The van der Waals surface area contributed by atoms with Crippen molar-refractivity contribution in [1.29, 1.82) is 0 Å². The number of hydrogen-bond donors (Lipinski definition) is 2. The Morgan fingerprint density at radius 3 is 2.09 bits per heavy atom. The second-order valence-electron chi connectivity index (χ2n) is 7.46. The molecule has 0 radical (unpaired) electrons. The van der Waals surface area contributed by atoms with Crippen LogP contribution in [0.5, 0.6) is 0 Å². The lowest BCUT2D eigenvalue weighted by Gasteiger charge is -2.08. The Labute approximate surface area is 194 Å². The molecule has 0 aliphatic rings. The van der Waals surface area contributed by atoms with E-state index >= 15 is 0 Å². The first-order valence-corrected chi connectivity index (χ1v) is 10.9. The van der Waals surface area contributed by atoms with Gasteiger partial charge < -0.3 is 29.8 Å². The molecule has 0 saturated heterocycles. The first-order chi connectivity index (χ1) is 15.9. The van der Waals surface area contributed by atoms with E-state index in [0.717, 1.165) is 0 Å². The van der Waals surface area contributed by atoms with Crippen LogP contribution in [0.25, 0.3) is 33.1 Å². The van der Waals surface area contributed by atoms with Crippen LogP contribution >= 0.6 is 11.6 Å². The summed E-state index contributed by atoms with van der Waals surface area (Å²) in [6.07, 6.45) is 1.30. The van der Waals surface area contributed by atoms with Gasteiger partial charge in [-0.3, -0.25) is 0 Å². The van der Waals surface area contributed by atoms with E-state index in [1.807, 2.05) is 13.8 Å². The van der Waals surface area contributed by atoms with Crippen LogP contribution < -0.4 is 11.5 Å². The molecule has 0 amide bonds. The van der Waals surface area contributed by atoms with Crippen molar-refractivity contribution in [2.45, 2.75) is 26.7 Å². The molecule has 0 aliphatic heterocycles. The Morgan fingerprint density at radius 2 is 1.48 bits per heavy atom. The van der Waals surface area contributed by atoms with Crippen molar-refractivity contribution >= 4 is 57.2 Å². The molecule has 0 unspecified atom stereocenters. The minimum absolute atomic E-state index is 0.0791. The molecule has 9 heteroatoms. The standard InChI is InChI=1S/C24H23ClN2O6/c1-3-9-30-23(28)17-14-11-15-18(19(22(27)32-15)24(29)31-10-4-2)16(20(14)33-21(17)26)12-5-7-13(25)8-6-12/h5-8,11H,3-4,9-10,26-27H2,1-2H3. The van der Waals surface area contributed by atoms with Crippen LogP contribution in [0.15, 0.2) is 39.2 Å². The Balaban J connectivity index is 2.07. The van der Waals surface area contributed by atoms with Crippen molar-refractivity contribution in [2.75, 3.05) is 24.7 Å². The zero-order valence-electron chi connectivity index (χ0n) is 18.2. The highest BCUT2D eigenvalue weighted by molar-refractivity contribution is 6.30. The number of carbonyl (C=O) groups is 2. The smallest absolute Gasteiger partial charge is 0.344 e. The van der Waals surface area contributed by atoms with Crippen molar-refractivity contribution in [3.05, 3.63) is 46.5 Å². The van der Waals surface area contributed by atoms with Gasteiger partial charge in [-0.05, 0) is 36.6 Å². The summed E-state index contributed by atoms with van der Waals surface area (Å²) in [5, 5.41) is 1.30. The molecule has 33 heavy (non-hydrogen) atoms. The Hall–Kier alpha value is -3.65. The van der Waals surface area contributed by atoms with Gasteiger partial charge in [0.15, 0.2) is 0 Å². The quantitative estimate of drug-likeness (QED) is 0.324. The molecule has 0 fully saturated rings. The number of furan rings is 2. The molecule has 8 nitrogen and oxygen atoms in total. The Morgan fingerprint density at radius 1 is 0.909 bits per heavy atom. The molecule has 2 aromatic heterocycles. The number of rotatable bonds is 7. The summed E-state index contributed by atoms with van der Waals surface area (Å²) < 4.78 is 22.2. The normalized spacial score (nSPS) is 11.2. The number of benzene rings is 2. The van der Waals surface area contributed by atoms with Crippen LogP contribution in [0.4, 0.5) is 11.8 Å². The highest BCUT2D eigenvalue weighted by atomic mass is 35.5. The number of nitrogen functional groups attached to an aromatic ring is 2. The first kappa shape index (κ1) is 22.5. The van der Waals surface area contributed by atoms with E-state index in [2.05, 4.69) is 0 Å². The highest BCUT2D eigenvalue weighted by Crippen LogP contribution is 2.45. The average molecular weight is 471 g/mol. The van der Waals surface area contributed by atoms with E-state index in [1.165, 1.54) is 0 Å². The van der Waals surface area contributed by atoms with Crippen molar-refractivity contribution in [3.8, 4) is 11.1 Å². The molecular formula is C24H23ClN2O6. The Bertz CT molecular complexity index is 1350. The molecule has 2 aromatic carbocycles. The maximum atomic E-state index is 12.9. The third kappa shape index (κ3) is 3.98. The number of carbonyl (C=O) groups excluding carboxylic acids is 2. The number of esters is 2. The number of hydrogen-bond acceptors (Lipinski definition) is 8. The largest absolute Gasteiger partial charge is 0.462 e. The third-order valence-electron chi connectivity index (χ3n) is 5.10. The summed E-state index contributed by atoms with van der Waals surface area (Å²) in [4.78, 5) is 25.6. The van der Waals surface area contributed by atoms with Gasteiger partial charge in [0.1, 0.15) is 22.3 Å². The van der Waals surface area contributed by atoms with Crippen molar-refractivity contribution in [3.63, 3.8) is 0 Å². The summed E-state index contributed by atoms with van der Waals surface area (Å²) in [6.45, 7) is 4.23. The maximum absolute atomic E-state index is 12.9. The minimum atomic E-state index is -0.621. The van der Waals surface area contributed by atoms with Gasteiger partial charge in [0.2, 0.25) is 11.8 Å². The minimum Gasteiger partial charge on any atom is -0.462 e. The zero-order chi connectivity index (χ0) is 23.7. The first-order valence-electron chi connectivity index (χ1n) is 10.5. The number of anilines is 2. The van der Waals surface area contributed by atoms with E-state index in [-0.39, 0.29) is 47.3 Å². The fraction of sp³-hybridized carbons (Fsp3) is 0.250. The second kappa shape index (κ2) is 9.07. The van der Waals surface area contributed by atoms with Crippen LogP contribution in [-0.4, -0.2) is 25.2 Å². The monoisotopic (exact) mass is 470 g/mol. The summed E-state index contributed by atoms with van der Waals surface area (Å²) in [5.41, 5.74) is 14.0. The zero-order valence-corrected chi connectivity index (χ0v) is 19.0. The number of fused-ring (bicyclic) bond motifs is 2. The molecule has 0 spiro atoms. The molecule has 0 saturated carbocycles. The molecule has 0 aliphatic carbocycles. The van der Waals surface area contributed by atoms with Gasteiger partial charge in [0, 0.05) is 21.4 Å². The number of ether oxygens (including phenoxy) is 2. The van der Waals surface area contributed by atoms with E-state index in [4.69, 9.17) is 41.4 Å². The fourth-order valence-electron chi connectivity index (χ4n) is 3.69. The van der Waals surface area contributed by atoms with Crippen LogP contribution in [-0.2, 0) is 9.47 Å². The third-order valence-corrected chi connectivity index (χ3v) is 5.36. The van der Waals surface area contributed by atoms with Gasteiger partial charge in [0.05, 0.1) is 13.2 Å². The molecule has 2 heterocycles. The summed E-state index contributed by atoms with van der Waals surface area (Å²) in [5.74, 6) is -1.43. The van der Waals surface area contributed by atoms with Crippen LogP contribution in [0.3, 0.4) is 0 Å². The van der Waals surface area contributed by atoms with Gasteiger partial charge >= 0.3 is 11.9 Å². The fourth-order valence-corrected chi connectivity index (χ4v) is 3.81. The molecule has 4 N–H and O–H groups in total. The molecular weight excluding hydrogens is 448 g/mol. The lowest BCUT2D eigenvalue weighted by atomic mass is 9.96. The SMILES string of the molecule is CCCOC(=O)c1c(N)oc2c(-c3ccc(Cl)cc3)c3c(C(=O)OCCC)c(N)oc3cc12. The van der Waals surface area contributed by atoms with Crippen LogP contribution in [0.1, 0.15) is 47.4 Å². The van der Waals surface area contributed by atoms with Gasteiger partial charge in [0.25, 0.3) is 0 Å². The van der Waals surface area contributed by atoms with Gasteiger partial charge in [-0.15, -0.1) is 0 Å². The molecule has 4 rings (SSSR count). The average Bonchev–Trinajstić information content (AvgIpc) is 3.29. The molecule has 172 valence electrons. The summed E-state index contributed by atoms with van der Waals surface area (Å²) >= 11 is 6.08. The molecule has 0 bridgehead atoms. The van der Waals surface area contributed by atoms with E-state index in [1.54, 1.807) is 30.3 Å². The van der Waals surface area contributed by atoms with Crippen molar-refractivity contribution < 1.29 is 27.9 Å². The van der Waals surface area contributed by atoms with Gasteiger partial charge in [-0.25, -0.2) is 9.59 Å². The van der Waals surface area contributed by atoms with Gasteiger partial charge in [-0.2, -0.15) is 0 Å². The topological polar surface area (TPSA) is 131 Å². The lowest BCUT2D eigenvalue weighted by Crippen LogP contribution is -2.08. The molecule has 4 aromatic rings. The van der Waals surface area contributed by atoms with Crippen LogP contribution in [0.2, 0.25) is 5.02 Å². The van der Waals surface area contributed by atoms with Crippen molar-refractivity contribution in [1.82, 2.24) is 0 Å². The number of nitrogens with two attached hydrogens (primary N) is 2. The van der Waals surface area contributed by atoms with E-state index in [0.29, 0.717) is 39.8 Å². The maximum Gasteiger partial charge on any atom is 0.344 e. The van der Waals surface area contributed by atoms with Gasteiger partial charge in [-0.1, -0.05) is 37.6 Å². The second-order valence-corrected chi connectivity index (χ2v) is 7.90. The predicted molar refractivity (Wildman–Crippen MR) is 126 cm³/mol. The van der Waals surface area contributed by atoms with Crippen molar-refractivity contribution in [2.24, 2.45) is 0 Å². The summed E-state index contributed by atoms with van der Waals surface area (Å²) in [7, 11) is 0.